The molecule has 0 spiro atoms. The number of rotatable bonds is 6. The van der Waals surface area contributed by atoms with Crippen LogP contribution in [-0.2, 0) is 5.75 Å². The van der Waals surface area contributed by atoms with Crippen molar-refractivity contribution in [3.05, 3.63) is 47.2 Å². The van der Waals surface area contributed by atoms with Crippen molar-refractivity contribution in [2.24, 2.45) is 0 Å². The molecule has 1 amide bonds. The first kappa shape index (κ1) is 15.6. The Morgan fingerprint density at radius 1 is 1.39 bits per heavy atom. The smallest absolute Gasteiger partial charge is 0.258 e. The number of pyridine rings is 1. The van der Waals surface area contributed by atoms with Gasteiger partial charge < -0.3 is 14.3 Å². The van der Waals surface area contributed by atoms with Gasteiger partial charge in [0.25, 0.3) is 11.6 Å². The van der Waals surface area contributed by atoms with Gasteiger partial charge in [-0.3, -0.25) is 4.79 Å². The molecule has 7 heteroatoms. The largest absolute Gasteiger partial charge is 0.468 e. The minimum atomic E-state index is -0.134. The van der Waals surface area contributed by atoms with E-state index in [4.69, 9.17) is 8.94 Å². The highest BCUT2D eigenvalue weighted by Crippen LogP contribution is 2.21. The Morgan fingerprint density at radius 3 is 3.04 bits per heavy atom. The molecule has 3 aromatic rings. The van der Waals surface area contributed by atoms with Gasteiger partial charge in [-0.15, -0.1) is 0 Å². The predicted molar refractivity (Wildman–Crippen MR) is 88.5 cm³/mol. The molecule has 0 atom stereocenters. The van der Waals surface area contributed by atoms with E-state index < -0.39 is 0 Å². The van der Waals surface area contributed by atoms with E-state index in [1.807, 2.05) is 19.1 Å². The van der Waals surface area contributed by atoms with E-state index in [1.165, 1.54) is 0 Å². The summed E-state index contributed by atoms with van der Waals surface area (Å²) in [5.41, 5.74) is 2.36. The second-order valence-electron chi connectivity index (χ2n) is 5.15. The Morgan fingerprint density at radius 2 is 2.26 bits per heavy atom. The summed E-state index contributed by atoms with van der Waals surface area (Å²) in [5, 5.41) is 7.49. The fourth-order valence-corrected chi connectivity index (χ4v) is 3.05. The van der Waals surface area contributed by atoms with E-state index in [1.54, 1.807) is 31.0 Å². The van der Waals surface area contributed by atoms with Crippen LogP contribution >= 0.6 is 11.8 Å². The molecule has 120 valence electrons. The summed E-state index contributed by atoms with van der Waals surface area (Å²) < 4.78 is 10.4. The van der Waals surface area contributed by atoms with E-state index in [2.05, 4.69) is 15.5 Å². The second kappa shape index (κ2) is 6.87. The first-order valence-corrected chi connectivity index (χ1v) is 8.42. The maximum atomic E-state index is 12.4. The zero-order chi connectivity index (χ0) is 16.2. The quantitative estimate of drug-likeness (QED) is 0.699. The van der Waals surface area contributed by atoms with Crippen molar-refractivity contribution in [3.8, 4) is 0 Å². The summed E-state index contributed by atoms with van der Waals surface area (Å²) in [6, 6.07) is 5.57. The average molecular weight is 331 g/mol. The zero-order valence-corrected chi connectivity index (χ0v) is 13.8. The van der Waals surface area contributed by atoms with E-state index in [9.17, 15) is 4.79 Å². The molecule has 0 aliphatic heterocycles. The summed E-state index contributed by atoms with van der Waals surface area (Å²) in [6.45, 7) is 4.21. The van der Waals surface area contributed by atoms with Crippen LogP contribution in [0.25, 0.3) is 11.1 Å². The number of amides is 1. The van der Waals surface area contributed by atoms with Crippen LogP contribution in [-0.4, -0.2) is 28.3 Å². The first-order valence-electron chi connectivity index (χ1n) is 7.27. The van der Waals surface area contributed by atoms with Gasteiger partial charge in [-0.1, -0.05) is 5.16 Å². The van der Waals surface area contributed by atoms with Gasteiger partial charge in [0.2, 0.25) is 0 Å². The highest BCUT2D eigenvalue weighted by atomic mass is 32.2. The molecule has 0 unspecified atom stereocenters. The number of carbonyl (C=O) groups is 1. The standard InChI is InChI=1S/C16H17N3O3S/c1-10-8-13(14-11(2)19-22-16(14)18-10)15(20)17-5-7-23-9-12-4-3-6-21-12/h3-4,6,8H,5,7,9H2,1-2H3,(H,17,20). The highest BCUT2D eigenvalue weighted by Gasteiger charge is 2.17. The molecule has 0 saturated carbocycles. The Hall–Kier alpha value is -2.28. The van der Waals surface area contributed by atoms with Gasteiger partial charge >= 0.3 is 0 Å². The van der Waals surface area contributed by atoms with Gasteiger partial charge in [0.15, 0.2) is 0 Å². The fraction of sp³-hybridized carbons (Fsp3) is 0.312. The van der Waals surface area contributed by atoms with Crippen LogP contribution in [0.5, 0.6) is 0 Å². The Balaban J connectivity index is 1.59. The molecular weight excluding hydrogens is 314 g/mol. The molecule has 3 heterocycles. The van der Waals surface area contributed by atoms with Gasteiger partial charge in [0.05, 0.1) is 28.7 Å². The van der Waals surface area contributed by atoms with Gasteiger partial charge in [0, 0.05) is 18.0 Å². The molecule has 6 nitrogen and oxygen atoms in total. The van der Waals surface area contributed by atoms with Crippen LogP contribution in [0, 0.1) is 13.8 Å². The third-order valence-corrected chi connectivity index (χ3v) is 4.33. The molecule has 0 radical (unpaired) electrons. The minimum absolute atomic E-state index is 0.134. The monoisotopic (exact) mass is 331 g/mol. The predicted octanol–water partition coefficient (Wildman–Crippen LogP) is 3.10. The molecule has 0 bridgehead atoms. The van der Waals surface area contributed by atoms with Crippen molar-refractivity contribution < 1.29 is 13.7 Å². The summed E-state index contributed by atoms with van der Waals surface area (Å²) in [4.78, 5) is 16.7. The van der Waals surface area contributed by atoms with E-state index in [0.29, 0.717) is 28.9 Å². The van der Waals surface area contributed by atoms with Crippen LogP contribution < -0.4 is 5.32 Å². The molecule has 23 heavy (non-hydrogen) atoms. The number of nitrogens with zero attached hydrogens (tertiary/aromatic N) is 2. The topological polar surface area (TPSA) is 81.2 Å². The van der Waals surface area contributed by atoms with Crippen molar-refractivity contribution in [1.29, 1.82) is 0 Å². The summed E-state index contributed by atoms with van der Waals surface area (Å²) >= 11 is 1.71. The van der Waals surface area contributed by atoms with Gasteiger partial charge in [-0.2, -0.15) is 11.8 Å². The number of aromatic nitrogens is 2. The van der Waals surface area contributed by atoms with Crippen molar-refractivity contribution in [2.45, 2.75) is 19.6 Å². The molecule has 0 aliphatic carbocycles. The number of fused-ring (bicyclic) bond motifs is 1. The van der Waals surface area contributed by atoms with Gasteiger partial charge in [0.1, 0.15) is 5.76 Å². The molecule has 0 fully saturated rings. The normalized spacial score (nSPS) is 11.0. The maximum Gasteiger partial charge on any atom is 0.258 e. The molecule has 0 saturated heterocycles. The average Bonchev–Trinajstić information content (AvgIpc) is 3.16. The lowest BCUT2D eigenvalue weighted by molar-refractivity contribution is 0.0957. The number of nitrogens with one attached hydrogen (secondary N) is 1. The van der Waals surface area contributed by atoms with E-state index in [0.717, 1.165) is 23.0 Å². The number of carbonyl (C=O) groups excluding carboxylic acids is 1. The third-order valence-electron chi connectivity index (χ3n) is 3.35. The minimum Gasteiger partial charge on any atom is -0.468 e. The van der Waals surface area contributed by atoms with Crippen molar-refractivity contribution in [2.75, 3.05) is 12.3 Å². The Kier molecular flexibility index (Phi) is 4.66. The van der Waals surface area contributed by atoms with Gasteiger partial charge in [-0.25, -0.2) is 4.98 Å². The van der Waals surface area contributed by atoms with Crippen molar-refractivity contribution in [1.82, 2.24) is 15.5 Å². The number of furan rings is 1. The fourth-order valence-electron chi connectivity index (χ4n) is 2.30. The SMILES string of the molecule is Cc1cc(C(=O)NCCSCc2ccco2)c2c(C)noc2n1. The van der Waals surface area contributed by atoms with Crippen LogP contribution in [0.4, 0.5) is 0 Å². The molecule has 0 aliphatic rings. The van der Waals surface area contributed by atoms with E-state index >= 15 is 0 Å². The maximum absolute atomic E-state index is 12.4. The Bertz CT molecular complexity index is 811. The second-order valence-corrected chi connectivity index (χ2v) is 6.25. The number of hydrogen-bond donors (Lipinski definition) is 1. The molecule has 3 aromatic heterocycles. The molecule has 1 N–H and O–H groups in total. The molecule has 3 rings (SSSR count). The van der Waals surface area contributed by atoms with Gasteiger partial charge in [-0.05, 0) is 32.0 Å². The lowest BCUT2D eigenvalue weighted by Gasteiger charge is -2.06. The first-order chi connectivity index (χ1) is 11.1. The lowest BCUT2D eigenvalue weighted by atomic mass is 10.1. The van der Waals surface area contributed by atoms with Crippen LogP contribution in [0.2, 0.25) is 0 Å². The van der Waals surface area contributed by atoms with Crippen LogP contribution in [0.3, 0.4) is 0 Å². The third kappa shape index (κ3) is 3.56. The van der Waals surface area contributed by atoms with Crippen molar-refractivity contribution in [3.63, 3.8) is 0 Å². The van der Waals surface area contributed by atoms with Crippen LogP contribution in [0.15, 0.2) is 33.4 Å². The number of aryl methyl sites for hydroxylation is 2. The van der Waals surface area contributed by atoms with Crippen molar-refractivity contribution >= 4 is 28.8 Å². The van der Waals surface area contributed by atoms with E-state index in [-0.39, 0.29) is 5.91 Å². The highest BCUT2D eigenvalue weighted by molar-refractivity contribution is 7.98. The summed E-state index contributed by atoms with van der Waals surface area (Å²) in [7, 11) is 0. The number of hydrogen-bond acceptors (Lipinski definition) is 6. The summed E-state index contributed by atoms with van der Waals surface area (Å²) in [6.07, 6.45) is 1.66. The zero-order valence-electron chi connectivity index (χ0n) is 13.0. The Labute approximate surface area is 137 Å². The number of thioether (sulfide) groups is 1. The molecular formula is C16H17N3O3S. The van der Waals surface area contributed by atoms with Crippen LogP contribution in [0.1, 0.15) is 27.5 Å². The molecule has 0 aromatic carbocycles. The lowest BCUT2D eigenvalue weighted by Crippen LogP contribution is -2.26. The summed E-state index contributed by atoms with van der Waals surface area (Å²) in [5.74, 6) is 2.41.